The highest BCUT2D eigenvalue weighted by atomic mass is 16.3. The van der Waals surface area contributed by atoms with Crippen LogP contribution < -0.4 is 5.32 Å². The third kappa shape index (κ3) is 5.33. The molecule has 1 saturated heterocycles. The SMILES string of the molecule is O=C(CN1CCN(C(=O)c2ccco2)CC1)NC1CCCCCCC1. The Kier molecular flexibility index (Phi) is 6.50. The molecule has 1 aliphatic carbocycles. The second kappa shape index (κ2) is 9.04. The molecule has 1 aromatic heterocycles. The van der Waals surface area contributed by atoms with Crippen LogP contribution in [0, 0.1) is 0 Å². The van der Waals surface area contributed by atoms with Crippen LogP contribution in [0.3, 0.4) is 0 Å². The van der Waals surface area contributed by atoms with Gasteiger partial charge in [0.2, 0.25) is 5.91 Å². The van der Waals surface area contributed by atoms with E-state index in [4.69, 9.17) is 4.42 Å². The van der Waals surface area contributed by atoms with Crippen LogP contribution in [-0.2, 0) is 4.79 Å². The van der Waals surface area contributed by atoms with E-state index in [1.165, 1.54) is 38.4 Å². The summed E-state index contributed by atoms with van der Waals surface area (Å²) in [5.41, 5.74) is 0. The highest BCUT2D eigenvalue weighted by Gasteiger charge is 2.25. The van der Waals surface area contributed by atoms with Crippen molar-refractivity contribution < 1.29 is 14.0 Å². The molecule has 2 amide bonds. The number of carbonyl (C=O) groups excluding carboxylic acids is 2. The molecule has 2 heterocycles. The molecule has 3 rings (SSSR count). The Morgan fingerprint density at radius 1 is 1.04 bits per heavy atom. The number of carbonyl (C=O) groups is 2. The summed E-state index contributed by atoms with van der Waals surface area (Å²) in [6.07, 6.45) is 10.1. The molecule has 2 fully saturated rings. The molecule has 0 atom stereocenters. The molecule has 0 bridgehead atoms. The summed E-state index contributed by atoms with van der Waals surface area (Å²) in [7, 11) is 0. The van der Waals surface area contributed by atoms with E-state index in [1.807, 2.05) is 0 Å². The quantitative estimate of drug-likeness (QED) is 0.907. The van der Waals surface area contributed by atoms with E-state index in [2.05, 4.69) is 10.2 Å². The number of hydrogen-bond acceptors (Lipinski definition) is 4. The van der Waals surface area contributed by atoms with Crippen molar-refractivity contribution >= 4 is 11.8 Å². The summed E-state index contributed by atoms with van der Waals surface area (Å²) in [6.45, 7) is 3.15. The van der Waals surface area contributed by atoms with E-state index in [-0.39, 0.29) is 11.8 Å². The Bertz CT molecular complexity index is 542. The maximum absolute atomic E-state index is 12.3. The predicted octanol–water partition coefficient (Wildman–Crippen LogP) is 2.27. The van der Waals surface area contributed by atoms with Crippen LogP contribution in [0.4, 0.5) is 0 Å². The first-order valence-corrected chi connectivity index (χ1v) is 9.57. The van der Waals surface area contributed by atoms with Gasteiger partial charge < -0.3 is 14.6 Å². The maximum atomic E-state index is 12.3. The van der Waals surface area contributed by atoms with Crippen molar-refractivity contribution in [3.8, 4) is 0 Å². The van der Waals surface area contributed by atoms with Gasteiger partial charge in [0, 0.05) is 32.2 Å². The van der Waals surface area contributed by atoms with Crippen molar-refractivity contribution in [2.75, 3.05) is 32.7 Å². The Balaban J connectivity index is 1.39. The third-order valence-corrected chi connectivity index (χ3v) is 5.23. The molecule has 6 nitrogen and oxygen atoms in total. The molecule has 25 heavy (non-hydrogen) atoms. The third-order valence-electron chi connectivity index (χ3n) is 5.23. The number of nitrogens with zero attached hydrogens (tertiary/aromatic N) is 2. The van der Waals surface area contributed by atoms with Gasteiger partial charge in [0.1, 0.15) is 0 Å². The lowest BCUT2D eigenvalue weighted by molar-refractivity contribution is -0.123. The molecule has 138 valence electrons. The van der Waals surface area contributed by atoms with Crippen LogP contribution in [0.15, 0.2) is 22.8 Å². The minimum Gasteiger partial charge on any atom is -0.459 e. The van der Waals surface area contributed by atoms with Crippen molar-refractivity contribution in [1.29, 1.82) is 0 Å². The Hall–Kier alpha value is -1.82. The summed E-state index contributed by atoms with van der Waals surface area (Å²) in [5.74, 6) is 0.440. The van der Waals surface area contributed by atoms with Crippen LogP contribution >= 0.6 is 0 Å². The Labute approximate surface area is 149 Å². The van der Waals surface area contributed by atoms with E-state index in [0.717, 1.165) is 25.9 Å². The van der Waals surface area contributed by atoms with E-state index in [0.29, 0.717) is 31.4 Å². The average molecular weight is 347 g/mol. The van der Waals surface area contributed by atoms with E-state index in [1.54, 1.807) is 17.0 Å². The van der Waals surface area contributed by atoms with Gasteiger partial charge in [-0.1, -0.05) is 32.1 Å². The molecule has 1 aliphatic heterocycles. The number of amides is 2. The van der Waals surface area contributed by atoms with Gasteiger partial charge in [-0.15, -0.1) is 0 Å². The van der Waals surface area contributed by atoms with Crippen molar-refractivity contribution in [1.82, 2.24) is 15.1 Å². The van der Waals surface area contributed by atoms with Gasteiger partial charge in [0.05, 0.1) is 12.8 Å². The minimum absolute atomic E-state index is 0.0661. The summed E-state index contributed by atoms with van der Waals surface area (Å²) in [4.78, 5) is 28.5. The van der Waals surface area contributed by atoms with Gasteiger partial charge in [0.25, 0.3) is 5.91 Å². The van der Waals surface area contributed by atoms with Gasteiger partial charge >= 0.3 is 0 Å². The van der Waals surface area contributed by atoms with Gasteiger partial charge in [-0.2, -0.15) is 0 Å². The first kappa shape index (κ1) is 18.0. The molecule has 1 N–H and O–H groups in total. The summed E-state index contributed by atoms with van der Waals surface area (Å²) in [6, 6.07) is 3.76. The van der Waals surface area contributed by atoms with Gasteiger partial charge in [-0.05, 0) is 25.0 Å². The molecule has 0 spiro atoms. The normalized spacial score (nSPS) is 20.7. The average Bonchev–Trinajstić information content (AvgIpc) is 3.12. The smallest absolute Gasteiger partial charge is 0.289 e. The molecule has 0 aromatic carbocycles. The molecular formula is C19H29N3O3. The number of rotatable bonds is 4. The first-order valence-electron chi connectivity index (χ1n) is 9.57. The van der Waals surface area contributed by atoms with E-state index in [9.17, 15) is 9.59 Å². The fourth-order valence-corrected chi connectivity index (χ4v) is 3.74. The molecular weight excluding hydrogens is 318 g/mol. The number of nitrogens with one attached hydrogen (secondary N) is 1. The highest BCUT2D eigenvalue weighted by molar-refractivity contribution is 5.91. The first-order chi connectivity index (χ1) is 12.2. The Morgan fingerprint density at radius 2 is 1.72 bits per heavy atom. The molecule has 6 heteroatoms. The van der Waals surface area contributed by atoms with Crippen molar-refractivity contribution in [3.05, 3.63) is 24.2 Å². The fourth-order valence-electron chi connectivity index (χ4n) is 3.74. The standard InChI is InChI=1S/C19H29N3O3/c23-18(20-16-7-4-2-1-3-5-8-16)15-21-10-12-22(13-11-21)19(24)17-9-6-14-25-17/h6,9,14,16H,1-5,7-8,10-13,15H2,(H,20,23). The number of furan rings is 1. The topological polar surface area (TPSA) is 65.8 Å². The molecule has 1 saturated carbocycles. The lowest BCUT2D eigenvalue weighted by atomic mass is 9.97. The van der Waals surface area contributed by atoms with Crippen molar-refractivity contribution in [3.63, 3.8) is 0 Å². The Morgan fingerprint density at radius 3 is 2.36 bits per heavy atom. The number of hydrogen-bond donors (Lipinski definition) is 1. The van der Waals surface area contributed by atoms with Crippen LogP contribution in [0.5, 0.6) is 0 Å². The van der Waals surface area contributed by atoms with Crippen LogP contribution in [-0.4, -0.2) is 60.4 Å². The second-order valence-corrected chi connectivity index (χ2v) is 7.16. The van der Waals surface area contributed by atoms with Crippen LogP contribution in [0.1, 0.15) is 55.5 Å². The molecule has 2 aliphatic rings. The van der Waals surface area contributed by atoms with Crippen LogP contribution in [0.25, 0.3) is 0 Å². The van der Waals surface area contributed by atoms with Crippen molar-refractivity contribution in [2.24, 2.45) is 0 Å². The predicted molar refractivity (Wildman–Crippen MR) is 95.3 cm³/mol. The minimum atomic E-state index is -0.0661. The van der Waals surface area contributed by atoms with Gasteiger partial charge in [-0.3, -0.25) is 14.5 Å². The van der Waals surface area contributed by atoms with Crippen LogP contribution in [0.2, 0.25) is 0 Å². The second-order valence-electron chi connectivity index (χ2n) is 7.16. The largest absolute Gasteiger partial charge is 0.459 e. The summed E-state index contributed by atoms with van der Waals surface area (Å²) >= 11 is 0. The molecule has 1 aromatic rings. The van der Waals surface area contributed by atoms with E-state index >= 15 is 0 Å². The fraction of sp³-hybridized carbons (Fsp3) is 0.684. The lowest BCUT2D eigenvalue weighted by Gasteiger charge is -2.34. The highest BCUT2D eigenvalue weighted by Crippen LogP contribution is 2.17. The molecule has 0 unspecified atom stereocenters. The number of piperazine rings is 1. The zero-order valence-electron chi connectivity index (χ0n) is 14.9. The monoisotopic (exact) mass is 347 g/mol. The van der Waals surface area contributed by atoms with Gasteiger partial charge in [-0.25, -0.2) is 0 Å². The zero-order chi connectivity index (χ0) is 17.5. The maximum Gasteiger partial charge on any atom is 0.289 e. The zero-order valence-corrected chi connectivity index (χ0v) is 14.9. The van der Waals surface area contributed by atoms with Crippen molar-refractivity contribution in [2.45, 2.75) is 51.0 Å². The molecule has 0 radical (unpaired) electrons. The lowest BCUT2D eigenvalue weighted by Crippen LogP contribution is -2.51. The van der Waals surface area contributed by atoms with Gasteiger partial charge in [0.15, 0.2) is 5.76 Å². The van der Waals surface area contributed by atoms with E-state index < -0.39 is 0 Å². The summed E-state index contributed by atoms with van der Waals surface area (Å²) in [5, 5.41) is 3.21. The summed E-state index contributed by atoms with van der Waals surface area (Å²) < 4.78 is 5.17.